The van der Waals surface area contributed by atoms with Crippen LogP contribution >= 0.6 is 11.3 Å². The van der Waals surface area contributed by atoms with Crippen LogP contribution in [0.3, 0.4) is 0 Å². The van der Waals surface area contributed by atoms with E-state index in [9.17, 15) is 18.0 Å². The van der Waals surface area contributed by atoms with E-state index < -0.39 is 28.0 Å². The smallest absolute Gasteiger partial charge is 0.336 e. The Kier molecular flexibility index (Phi) is 3.37. The molecule has 0 aromatic carbocycles. The number of carboxylic acids is 1. The number of hydrogen-bond donors (Lipinski definition) is 2. The molecule has 1 saturated heterocycles. The molecule has 0 bridgehead atoms. The van der Waals surface area contributed by atoms with Crippen molar-refractivity contribution >= 4 is 33.3 Å². The monoisotopic (exact) mass is 291 g/mol. The zero-order valence-electron chi connectivity index (χ0n) is 8.95. The summed E-state index contributed by atoms with van der Waals surface area (Å²) in [6.07, 6.45) is 0.273. The quantitative estimate of drug-likeness (QED) is 0.758. The third-order valence-corrected chi connectivity index (χ3v) is 5.23. The van der Waals surface area contributed by atoms with Gasteiger partial charge in [0.05, 0.1) is 12.2 Å². The number of aromatic carboxylic acids is 1. The van der Waals surface area contributed by atoms with Gasteiger partial charge in [0.25, 0.3) is 10.0 Å². The van der Waals surface area contributed by atoms with Crippen molar-refractivity contribution in [2.75, 3.05) is 6.61 Å². The van der Waals surface area contributed by atoms with Gasteiger partial charge in [0.15, 0.2) is 0 Å². The lowest BCUT2D eigenvalue weighted by atomic mass is 10.3. The number of carboxylic acid groups (broad SMARTS) is 1. The average Bonchev–Trinajstić information content (AvgIpc) is 2.88. The number of nitrogens with one attached hydrogen (secondary N) is 1. The zero-order valence-corrected chi connectivity index (χ0v) is 10.6. The van der Waals surface area contributed by atoms with Crippen LogP contribution in [0.5, 0.6) is 0 Å². The molecular formula is C9H9NO6S2. The molecule has 1 unspecified atom stereocenters. The van der Waals surface area contributed by atoms with Gasteiger partial charge in [-0.1, -0.05) is 0 Å². The van der Waals surface area contributed by atoms with Crippen molar-refractivity contribution in [2.45, 2.75) is 16.7 Å². The van der Waals surface area contributed by atoms with Crippen LogP contribution in [0.4, 0.5) is 0 Å². The topological polar surface area (TPSA) is 110 Å². The summed E-state index contributed by atoms with van der Waals surface area (Å²) >= 11 is 0.786. The van der Waals surface area contributed by atoms with Crippen molar-refractivity contribution in [1.29, 1.82) is 0 Å². The van der Waals surface area contributed by atoms with Gasteiger partial charge in [0, 0.05) is 11.8 Å². The van der Waals surface area contributed by atoms with Gasteiger partial charge in [-0.3, -0.25) is 4.79 Å². The second-order valence-electron chi connectivity index (χ2n) is 3.59. The van der Waals surface area contributed by atoms with Gasteiger partial charge in [-0.15, -0.1) is 11.3 Å². The molecule has 1 aliphatic heterocycles. The molecular weight excluding hydrogens is 282 g/mol. The van der Waals surface area contributed by atoms with Crippen LogP contribution in [0.15, 0.2) is 15.7 Å². The number of thiophene rings is 1. The summed E-state index contributed by atoms with van der Waals surface area (Å²) in [5.41, 5.74) is -0.102. The third kappa shape index (κ3) is 2.52. The Bertz CT molecular complexity index is 590. The Labute approximate surface area is 106 Å². The van der Waals surface area contributed by atoms with Crippen LogP contribution in [0, 0.1) is 0 Å². The predicted molar refractivity (Wildman–Crippen MR) is 61.0 cm³/mol. The first-order valence-electron chi connectivity index (χ1n) is 4.91. The summed E-state index contributed by atoms with van der Waals surface area (Å²) in [6.45, 7) is 0.177. The maximum Gasteiger partial charge on any atom is 0.336 e. The first-order valence-corrected chi connectivity index (χ1v) is 7.27. The molecule has 1 atom stereocenters. The minimum Gasteiger partial charge on any atom is -0.478 e. The number of esters is 1. The van der Waals surface area contributed by atoms with Gasteiger partial charge in [-0.25, -0.2) is 13.2 Å². The molecule has 2 rings (SSSR count). The summed E-state index contributed by atoms with van der Waals surface area (Å²) in [6, 6.07) is 0.153. The summed E-state index contributed by atoms with van der Waals surface area (Å²) in [5.74, 6) is -1.82. The summed E-state index contributed by atoms with van der Waals surface area (Å²) in [4.78, 5) is 21.8. The summed E-state index contributed by atoms with van der Waals surface area (Å²) < 4.78 is 30.4. The van der Waals surface area contributed by atoms with E-state index >= 15 is 0 Å². The van der Waals surface area contributed by atoms with Crippen LogP contribution < -0.4 is 4.72 Å². The van der Waals surface area contributed by atoms with Gasteiger partial charge in [-0.2, -0.15) is 4.72 Å². The van der Waals surface area contributed by atoms with Crippen molar-refractivity contribution in [3.8, 4) is 0 Å². The molecule has 0 aliphatic carbocycles. The third-order valence-electron chi connectivity index (χ3n) is 2.32. The van der Waals surface area contributed by atoms with E-state index in [-0.39, 0.29) is 22.8 Å². The Balaban J connectivity index is 2.19. The Morgan fingerprint density at radius 1 is 1.56 bits per heavy atom. The first kappa shape index (κ1) is 13.0. The lowest BCUT2D eigenvalue weighted by Gasteiger charge is -2.07. The number of sulfonamides is 1. The molecule has 0 saturated carbocycles. The lowest BCUT2D eigenvalue weighted by molar-refractivity contribution is -0.139. The summed E-state index contributed by atoms with van der Waals surface area (Å²) in [7, 11) is -3.88. The normalized spacial score (nSPS) is 19.8. The molecule has 18 heavy (non-hydrogen) atoms. The van der Waals surface area contributed by atoms with Crippen molar-refractivity contribution in [2.24, 2.45) is 0 Å². The minimum atomic E-state index is -3.88. The van der Waals surface area contributed by atoms with Crippen molar-refractivity contribution in [1.82, 2.24) is 4.72 Å². The number of ether oxygens (including phenoxy) is 1. The fourth-order valence-corrected chi connectivity index (χ4v) is 3.81. The maximum atomic E-state index is 11.9. The van der Waals surface area contributed by atoms with Gasteiger partial charge < -0.3 is 9.84 Å². The van der Waals surface area contributed by atoms with Crippen molar-refractivity contribution in [3.63, 3.8) is 0 Å². The Morgan fingerprint density at radius 3 is 2.78 bits per heavy atom. The molecule has 1 aliphatic rings. The molecule has 98 valence electrons. The SMILES string of the molecule is O=C(O)c1csc(S(=O)(=O)NC2CCOC2=O)c1. The molecule has 9 heteroatoms. The molecule has 1 aromatic heterocycles. The standard InChI is InChI=1S/C9H9NO6S2/c11-8(12)5-3-7(17-4-5)18(14,15)10-6-1-2-16-9(6)13/h3-4,6,10H,1-2H2,(H,11,12). The highest BCUT2D eigenvalue weighted by Gasteiger charge is 2.32. The molecule has 1 fully saturated rings. The first-order chi connectivity index (χ1) is 8.40. The molecule has 2 N–H and O–H groups in total. The molecule has 1 aromatic rings. The Morgan fingerprint density at radius 2 is 2.28 bits per heavy atom. The van der Waals surface area contributed by atoms with Gasteiger partial charge in [0.2, 0.25) is 0 Å². The number of carbonyl (C=O) groups excluding carboxylic acids is 1. The molecule has 0 spiro atoms. The second kappa shape index (κ2) is 4.67. The highest BCUT2D eigenvalue weighted by atomic mass is 32.2. The average molecular weight is 291 g/mol. The number of cyclic esters (lactones) is 1. The van der Waals surface area contributed by atoms with Crippen LogP contribution in [0.1, 0.15) is 16.8 Å². The van der Waals surface area contributed by atoms with Crippen LogP contribution in [0.25, 0.3) is 0 Å². The largest absolute Gasteiger partial charge is 0.478 e. The van der Waals surface area contributed by atoms with Gasteiger partial charge in [-0.05, 0) is 6.07 Å². The summed E-state index contributed by atoms with van der Waals surface area (Å²) in [5, 5.41) is 9.93. The molecule has 2 heterocycles. The van der Waals surface area contributed by atoms with E-state index in [2.05, 4.69) is 9.46 Å². The van der Waals surface area contributed by atoms with Gasteiger partial charge in [0.1, 0.15) is 10.3 Å². The van der Waals surface area contributed by atoms with E-state index in [1.165, 1.54) is 5.38 Å². The fourth-order valence-electron chi connectivity index (χ4n) is 1.42. The van der Waals surface area contributed by atoms with Crippen molar-refractivity contribution < 1.29 is 27.9 Å². The van der Waals surface area contributed by atoms with E-state index in [1.807, 2.05) is 0 Å². The van der Waals surface area contributed by atoms with Crippen LogP contribution in [-0.2, 0) is 19.6 Å². The zero-order chi connectivity index (χ0) is 13.3. The minimum absolute atomic E-state index is 0.102. The maximum absolute atomic E-state index is 11.9. The number of hydrogen-bond acceptors (Lipinski definition) is 6. The molecule has 0 radical (unpaired) electrons. The Hall–Kier alpha value is -1.45. The number of rotatable bonds is 4. The van der Waals surface area contributed by atoms with E-state index in [4.69, 9.17) is 5.11 Å². The highest BCUT2D eigenvalue weighted by Crippen LogP contribution is 2.21. The number of carbonyl (C=O) groups is 2. The highest BCUT2D eigenvalue weighted by molar-refractivity contribution is 7.91. The lowest BCUT2D eigenvalue weighted by Crippen LogP contribution is -2.37. The van der Waals surface area contributed by atoms with Gasteiger partial charge >= 0.3 is 11.9 Å². The second-order valence-corrected chi connectivity index (χ2v) is 6.44. The van der Waals surface area contributed by atoms with E-state index in [1.54, 1.807) is 0 Å². The van der Waals surface area contributed by atoms with Crippen LogP contribution in [0.2, 0.25) is 0 Å². The van der Waals surface area contributed by atoms with E-state index in [0.717, 1.165) is 17.4 Å². The fraction of sp³-hybridized carbons (Fsp3) is 0.333. The van der Waals surface area contributed by atoms with Crippen molar-refractivity contribution in [3.05, 3.63) is 17.0 Å². The van der Waals surface area contributed by atoms with E-state index in [0.29, 0.717) is 0 Å². The molecule has 0 amide bonds. The molecule has 7 nitrogen and oxygen atoms in total. The van der Waals surface area contributed by atoms with Crippen LogP contribution in [-0.4, -0.2) is 38.1 Å². The predicted octanol–water partition coefficient (Wildman–Crippen LogP) is 0.0401.